The number of allylic oxidation sites excluding steroid dienone is 2. The van der Waals surface area contributed by atoms with E-state index in [1.165, 1.54) is 4.90 Å². The van der Waals surface area contributed by atoms with Crippen molar-refractivity contribution in [2.75, 3.05) is 13.1 Å². The Morgan fingerprint density at radius 2 is 1.78 bits per heavy atom. The molecule has 2 saturated heterocycles. The monoisotopic (exact) mass is 330 g/mol. The second-order valence-corrected chi connectivity index (χ2v) is 7.24. The molecule has 0 aromatic carbocycles. The Hall–Kier alpha value is -1.95. The summed E-state index contributed by atoms with van der Waals surface area (Å²) in [5.41, 5.74) is 1.02. The summed E-state index contributed by atoms with van der Waals surface area (Å²) in [5.74, 6) is -0.373. The molecule has 1 aliphatic carbocycles. The molecule has 4 rings (SSSR count). The Morgan fingerprint density at radius 3 is 2.35 bits per heavy atom. The zero-order valence-corrected chi connectivity index (χ0v) is 13.5. The van der Waals surface area contributed by atoms with Crippen molar-refractivity contribution in [1.82, 2.24) is 9.80 Å². The van der Waals surface area contributed by atoms with E-state index in [4.69, 9.17) is 0 Å². The Bertz CT molecular complexity index is 650. The van der Waals surface area contributed by atoms with Crippen LogP contribution >= 0.6 is 11.3 Å². The van der Waals surface area contributed by atoms with Gasteiger partial charge < -0.3 is 4.90 Å². The SMILES string of the molecule is O=C(Cc1ccsc1)N1CC(N2C(=O)C3CC=CCC3C2=O)C1. The number of fused-ring (bicyclic) bond motifs is 1. The van der Waals surface area contributed by atoms with Crippen LogP contribution < -0.4 is 0 Å². The smallest absolute Gasteiger partial charge is 0.233 e. The van der Waals surface area contributed by atoms with Gasteiger partial charge in [-0.1, -0.05) is 12.2 Å². The van der Waals surface area contributed by atoms with E-state index in [1.54, 1.807) is 16.2 Å². The number of amides is 3. The lowest BCUT2D eigenvalue weighted by molar-refractivity contribution is -0.152. The highest BCUT2D eigenvalue weighted by Crippen LogP contribution is 2.37. The number of carbonyl (C=O) groups is 3. The summed E-state index contributed by atoms with van der Waals surface area (Å²) in [7, 11) is 0. The maximum absolute atomic E-state index is 12.5. The van der Waals surface area contributed by atoms with E-state index >= 15 is 0 Å². The molecule has 2 unspecified atom stereocenters. The van der Waals surface area contributed by atoms with Gasteiger partial charge in [0.15, 0.2) is 0 Å². The Balaban J connectivity index is 1.37. The van der Waals surface area contributed by atoms with Crippen molar-refractivity contribution >= 4 is 29.1 Å². The van der Waals surface area contributed by atoms with Crippen LogP contribution in [0, 0.1) is 11.8 Å². The molecule has 0 spiro atoms. The second kappa shape index (κ2) is 5.60. The number of nitrogens with zero attached hydrogens (tertiary/aromatic N) is 2. The van der Waals surface area contributed by atoms with Crippen LogP contribution in [0.1, 0.15) is 18.4 Å². The van der Waals surface area contributed by atoms with E-state index in [0.29, 0.717) is 32.4 Å². The van der Waals surface area contributed by atoms with Crippen molar-refractivity contribution in [2.45, 2.75) is 25.3 Å². The van der Waals surface area contributed by atoms with Gasteiger partial charge in [-0.2, -0.15) is 11.3 Å². The number of hydrogen-bond donors (Lipinski definition) is 0. The first-order valence-electron chi connectivity index (χ1n) is 7.96. The summed E-state index contributed by atoms with van der Waals surface area (Å²) >= 11 is 1.58. The highest BCUT2D eigenvalue weighted by molar-refractivity contribution is 7.08. The van der Waals surface area contributed by atoms with Gasteiger partial charge in [0.25, 0.3) is 0 Å². The molecular formula is C17H18N2O3S. The fourth-order valence-corrected chi connectivity index (χ4v) is 4.36. The van der Waals surface area contributed by atoms with Crippen molar-refractivity contribution in [3.8, 4) is 0 Å². The predicted molar refractivity (Wildman–Crippen MR) is 85.6 cm³/mol. The van der Waals surface area contributed by atoms with Gasteiger partial charge in [0, 0.05) is 13.1 Å². The number of thiophene rings is 1. The molecular weight excluding hydrogens is 312 g/mol. The standard InChI is InChI=1S/C17H18N2O3S/c20-15(7-11-5-6-23-10-11)18-8-12(9-18)19-16(21)13-3-1-2-4-14(13)17(19)22/h1-2,5-6,10,12-14H,3-4,7-9H2. The van der Waals surface area contributed by atoms with E-state index in [1.807, 2.05) is 29.0 Å². The first-order valence-corrected chi connectivity index (χ1v) is 8.90. The van der Waals surface area contributed by atoms with Gasteiger partial charge in [-0.15, -0.1) is 0 Å². The Labute approximate surface area is 138 Å². The first-order chi connectivity index (χ1) is 11.1. The van der Waals surface area contributed by atoms with Crippen LogP contribution in [0.5, 0.6) is 0 Å². The Kier molecular flexibility index (Phi) is 3.56. The largest absolute Gasteiger partial charge is 0.338 e. The molecule has 2 atom stereocenters. The summed E-state index contributed by atoms with van der Waals surface area (Å²) < 4.78 is 0. The molecule has 3 aliphatic rings. The average Bonchev–Trinajstić information content (AvgIpc) is 3.09. The average molecular weight is 330 g/mol. The highest BCUT2D eigenvalue weighted by Gasteiger charge is 2.52. The van der Waals surface area contributed by atoms with Crippen molar-refractivity contribution in [3.05, 3.63) is 34.5 Å². The fraction of sp³-hybridized carbons (Fsp3) is 0.471. The zero-order valence-electron chi connectivity index (χ0n) is 12.7. The molecule has 1 aromatic heterocycles. The Morgan fingerprint density at radius 1 is 1.13 bits per heavy atom. The lowest BCUT2D eigenvalue weighted by Crippen LogP contribution is -2.62. The lowest BCUT2D eigenvalue weighted by Gasteiger charge is -2.43. The number of rotatable bonds is 3. The van der Waals surface area contributed by atoms with Gasteiger partial charge >= 0.3 is 0 Å². The molecule has 23 heavy (non-hydrogen) atoms. The molecule has 3 heterocycles. The van der Waals surface area contributed by atoms with Gasteiger partial charge in [0.1, 0.15) is 0 Å². The topological polar surface area (TPSA) is 57.7 Å². The third kappa shape index (κ3) is 2.41. The molecule has 120 valence electrons. The van der Waals surface area contributed by atoms with E-state index in [2.05, 4.69) is 0 Å². The molecule has 2 aliphatic heterocycles. The summed E-state index contributed by atoms with van der Waals surface area (Å²) in [5, 5.41) is 3.93. The molecule has 0 saturated carbocycles. The normalized spacial score (nSPS) is 27.3. The first kappa shape index (κ1) is 14.6. The zero-order chi connectivity index (χ0) is 16.0. The van der Waals surface area contributed by atoms with Crippen LogP contribution in [-0.4, -0.2) is 46.7 Å². The molecule has 6 heteroatoms. The number of imide groups is 1. The molecule has 0 bridgehead atoms. The van der Waals surface area contributed by atoms with Crippen molar-refractivity contribution < 1.29 is 14.4 Å². The van der Waals surface area contributed by atoms with E-state index in [-0.39, 0.29) is 35.6 Å². The van der Waals surface area contributed by atoms with Crippen LogP contribution in [-0.2, 0) is 20.8 Å². The van der Waals surface area contributed by atoms with Crippen LogP contribution in [0.4, 0.5) is 0 Å². The lowest BCUT2D eigenvalue weighted by atomic mass is 9.85. The molecule has 5 nitrogen and oxygen atoms in total. The second-order valence-electron chi connectivity index (χ2n) is 6.46. The van der Waals surface area contributed by atoms with E-state index in [0.717, 1.165) is 5.56 Å². The maximum atomic E-state index is 12.5. The maximum Gasteiger partial charge on any atom is 0.233 e. The summed E-state index contributed by atoms with van der Waals surface area (Å²) in [6, 6.07) is 1.82. The van der Waals surface area contributed by atoms with E-state index < -0.39 is 0 Å². The minimum atomic E-state index is -0.178. The van der Waals surface area contributed by atoms with Gasteiger partial charge in [-0.25, -0.2) is 0 Å². The quantitative estimate of drug-likeness (QED) is 0.623. The van der Waals surface area contributed by atoms with Gasteiger partial charge in [-0.3, -0.25) is 19.3 Å². The van der Waals surface area contributed by atoms with Crippen LogP contribution in [0.3, 0.4) is 0 Å². The molecule has 1 aromatic rings. The van der Waals surface area contributed by atoms with Crippen molar-refractivity contribution in [3.63, 3.8) is 0 Å². The minimum Gasteiger partial charge on any atom is -0.338 e. The summed E-state index contributed by atoms with van der Waals surface area (Å²) in [6.07, 6.45) is 5.71. The predicted octanol–water partition coefficient (Wildman–Crippen LogP) is 1.45. The highest BCUT2D eigenvalue weighted by atomic mass is 32.1. The van der Waals surface area contributed by atoms with Gasteiger partial charge in [-0.05, 0) is 35.2 Å². The summed E-state index contributed by atoms with van der Waals surface area (Å²) in [4.78, 5) is 40.4. The fourth-order valence-electron chi connectivity index (χ4n) is 3.69. The van der Waals surface area contributed by atoms with Gasteiger partial charge in [0.2, 0.25) is 17.7 Å². The third-order valence-electron chi connectivity index (χ3n) is 5.06. The molecule has 2 fully saturated rings. The van der Waals surface area contributed by atoms with Crippen LogP contribution in [0.2, 0.25) is 0 Å². The number of likely N-dealkylation sites (tertiary alicyclic amines) is 2. The van der Waals surface area contributed by atoms with Crippen LogP contribution in [0.15, 0.2) is 29.0 Å². The summed E-state index contributed by atoms with van der Waals surface area (Å²) in [6.45, 7) is 0.959. The molecule has 0 N–H and O–H groups in total. The number of carbonyl (C=O) groups excluding carboxylic acids is 3. The third-order valence-corrected chi connectivity index (χ3v) is 5.79. The molecule has 3 amide bonds. The van der Waals surface area contributed by atoms with Crippen molar-refractivity contribution in [1.29, 1.82) is 0 Å². The van der Waals surface area contributed by atoms with Gasteiger partial charge in [0.05, 0.1) is 24.3 Å². The van der Waals surface area contributed by atoms with Crippen LogP contribution in [0.25, 0.3) is 0 Å². The van der Waals surface area contributed by atoms with Crippen molar-refractivity contribution in [2.24, 2.45) is 11.8 Å². The minimum absolute atomic E-state index is 0.0423. The number of hydrogen-bond acceptors (Lipinski definition) is 4. The van der Waals surface area contributed by atoms with E-state index in [9.17, 15) is 14.4 Å². The molecule has 0 radical (unpaired) electrons.